The number of aryl methyl sites for hydroxylation is 2. The zero-order valence-electron chi connectivity index (χ0n) is 15.2. The van der Waals surface area contributed by atoms with Crippen molar-refractivity contribution in [3.8, 4) is 5.75 Å². The molecule has 0 saturated carbocycles. The van der Waals surface area contributed by atoms with Gasteiger partial charge in [-0.05, 0) is 36.6 Å². The van der Waals surface area contributed by atoms with E-state index < -0.39 is 5.97 Å². The van der Waals surface area contributed by atoms with Crippen LogP contribution in [0.3, 0.4) is 0 Å². The van der Waals surface area contributed by atoms with Gasteiger partial charge in [0, 0.05) is 22.7 Å². The van der Waals surface area contributed by atoms with Crippen LogP contribution in [0.4, 0.5) is 0 Å². The molecule has 27 heavy (non-hydrogen) atoms. The molecule has 1 N–H and O–H groups in total. The third-order valence-corrected chi connectivity index (χ3v) is 4.59. The number of halogens is 1. The standard InChI is InChI=1S/C21H20ClNO4/c1-3-14-5-4-6-15-16(10-23-21(14)15)18(24)11-27-20(25)12-26-19-9-13(2)7-8-17(19)22/h4-10,23H,3,11-12H2,1-2H3. The molecule has 0 aliphatic carbocycles. The number of carbonyl (C=O) groups excluding carboxylic acids is 2. The van der Waals surface area contributed by atoms with Crippen molar-refractivity contribution >= 4 is 34.3 Å². The molecule has 3 rings (SSSR count). The summed E-state index contributed by atoms with van der Waals surface area (Å²) < 4.78 is 10.4. The molecule has 0 unspecified atom stereocenters. The molecule has 0 saturated heterocycles. The summed E-state index contributed by atoms with van der Waals surface area (Å²) in [7, 11) is 0. The molecule has 0 spiro atoms. The number of carbonyl (C=O) groups is 2. The molecule has 0 aliphatic rings. The van der Waals surface area contributed by atoms with E-state index in [4.69, 9.17) is 21.1 Å². The molecule has 0 fully saturated rings. The number of esters is 1. The summed E-state index contributed by atoms with van der Waals surface area (Å²) in [5.41, 5.74) is 3.54. The van der Waals surface area contributed by atoms with E-state index in [0.717, 1.165) is 28.5 Å². The molecule has 0 atom stereocenters. The zero-order chi connectivity index (χ0) is 19.4. The second-order valence-corrected chi connectivity index (χ2v) is 6.61. The number of H-pyrrole nitrogens is 1. The van der Waals surface area contributed by atoms with Crippen molar-refractivity contribution in [2.45, 2.75) is 20.3 Å². The highest BCUT2D eigenvalue weighted by Gasteiger charge is 2.16. The maximum atomic E-state index is 12.4. The van der Waals surface area contributed by atoms with Gasteiger partial charge in [0.05, 0.1) is 5.02 Å². The van der Waals surface area contributed by atoms with Crippen LogP contribution in [0.15, 0.2) is 42.6 Å². The van der Waals surface area contributed by atoms with Gasteiger partial charge in [0.2, 0.25) is 5.78 Å². The first kappa shape index (κ1) is 19.0. The van der Waals surface area contributed by atoms with E-state index in [0.29, 0.717) is 16.3 Å². The van der Waals surface area contributed by atoms with E-state index in [9.17, 15) is 9.59 Å². The molecule has 6 heteroatoms. The smallest absolute Gasteiger partial charge is 0.344 e. The highest BCUT2D eigenvalue weighted by Crippen LogP contribution is 2.25. The van der Waals surface area contributed by atoms with Gasteiger partial charge in [-0.25, -0.2) is 4.79 Å². The molecule has 0 radical (unpaired) electrons. The number of para-hydroxylation sites is 1. The predicted molar refractivity (Wildman–Crippen MR) is 105 cm³/mol. The van der Waals surface area contributed by atoms with Crippen LogP contribution in [-0.2, 0) is 16.0 Å². The van der Waals surface area contributed by atoms with E-state index >= 15 is 0 Å². The molecule has 0 bridgehead atoms. The fourth-order valence-electron chi connectivity index (χ4n) is 2.87. The summed E-state index contributed by atoms with van der Waals surface area (Å²) in [5.74, 6) is -0.491. The van der Waals surface area contributed by atoms with Gasteiger partial charge >= 0.3 is 5.97 Å². The fourth-order valence-corrected chi connectivity index (χ4v) is 3.04. The van der Waals surface area contributed by atoms with Gasteiger partial charge in [0.25, 0.3) is 0 Å². The number of ether oxygens (including phenoxy) is 2. The third-order valence-electron chi connectivity index (χ3n) is 4.28. The van der Waals surface area contributed by atoms with Crippen LogP contribution in [0.5, 0.6) is 5.75 Å². The highest BCUT2D eigenvalue weighted by atomic mass is 35.5. The first-order valence-corrected chi connectivity index (χ1v) is 9.04. The van der Waals surface area contributed by atoms with E-state index in [1.54, 1.807) is 18.3 Å². The SMILES string of the molecule is CCc1cccc2c(C(=O)COC(=O)COc3cc(C)ccc3Cl)c[nH]c12. The Morgan fingerprint density at radius 3 is 2.74 bits per heavy atom. The second kappa shape index (κ2) is 8.27. The molecule has 140 valence electrons. The van der Waals surface area contributed by atoms with Gasteiger partial charge in [0.1, 0.15) is 5.75 Å². The summed E-state index contributed by atoms with van der Waals surface area (Å²) in [4.78, 5) is 27.5. The van der Waals surface area contributed by atoms with Crippen molar-refractivity contribution in [1.82, 2.24) is 4.98 Å². The fraction of sp³-hybridized carbons (Fsp3) is 0.238. The Labute approximate surface area is 162 Å². The minimum absolute atomic E-state index is 0.267. The van der Waals surface area contributed by atoms with Gasteiger partial charge in [-0.3, -0.25) is 4.79 Å². The Morgan fingerprint density at radius 1 is 1.15 bits per heavy atom. The zero-order valence-corrected chi connectivity index (χ0v) is 15.9. The first-order chi connectivity index (χ1) is 13.0. The van der Waals surface area contributed by atoms with Crippen LogP contribution in [0.1, 0.15) is 28.4 Å². The number of hydrogen-bond donors (Lipinski definition) is 1. The molecule has 2 aromatic carbocycles. The lowest BCUT2D eigenvalue weighted by Gasteiger charge is -2.08. The lowest BCUT2D eigenvalue weighted by molar-refractivity contribution is -0.144. The summed E-state index contributed by atoms with van der Waals surface area (Å²) in [6.45, 7) is 3.29. The number of nitrogens with one attached hydrogen (secondary N) is 1. The first-order valence-electron chi connectivity index (χ1n) is 8.66. The molecule has 5 nitrogen and oxygen atoms in total. The van der Waals surface area contributed by atoms with E-state index in [2.05, 4.69) is 11.9 Å². The highest BCUT2D eigenvalue weighted by molar-refractivity contribution is 6.32. The predicted octanol–water partition coefficient (Wildman–Crippen LogP) is 4.50. The lowest BCUT2D eigenvalue weighted by Crippen LogP contribution is -2.19. The van der Waals surface area contributed by atoms with Crippen molar-refractivity contribution in [2.24, 2.45) is 0 Å². The van der Waals surface area contributed by atoms with E-state index in [1.165, 1.54) is 0 Å². The number of aromatic amines is 1. The maximum absolute atomic E-state index is 12.4. The van der Waals surface area contributed by atoms with Gasteiger partial charge in [-0.1, -0.05) is 42.8 Å². The van der Waals surface area contributed by atoms with Crippen molar-refractivity contribution in [1.29, 1.82) is 0 Å². The lowest BCUT2D eigenvalue weighted by atomic mass is 10.1. The van der Waals surface area contributed by atoms with Gasteiger partial charge in [-0.2, -0.15) is 0 Å². The summed E-state index contributed by atoms with van der Waals surface area (Å²) >= 11 is 6.02. The maximum Gasteiger partial charge on any atom is 0.344 e. The number of aromatic nitrogens is 1. The summed E-state index contributed by atoms with van der Waals surface area (Å²) in [5, 5.41) is 1.24. The van der Waals surface area contributed by atoms with Crippen molar-refractivity contribution < 1.29 is 19.1 Å². The van der Waals surface area contributed by atoms with Gasteiger partial charge in [-0.15, -0.1) is 0 Å². The van der Waals surface area contributed by atoms with Crippen LogP contribution in [-0.4, -0.2) is 30.0 Å². The van der Waals surface area contributed by atoms with Crippen molar-refractivity contribution in [3.05, 3.63) is 64.3 Å². The molecule has 1 heterocycles. The molecule has 3 aromatic rings. The van der Waals surface area contributed by atoms with E-state index in [-0.39, 0.29) is 19.0 Å². The number of hydrogen-bond acceptors (Lipinski definition) is 4. The van der Waals surface area contributed by atoms with Crippen molar-refractivity contribution in [3.63, 3.8) is 0 Å². The monoisotopic (exact) mass is 385 g/mol. The number of fused-ring (bicyclic) bond motifs is 1. The van der Waals surface area contributed by atoms with Crippen molar-refractivity contribution in [2.75, 3.05) is 13.2 Å². The summed E-state index contributed by atoms with van der Waals surface area (Å²) in [6, 6.07) is 11.1. The Hall–Kier alpha value is -2.79. The topological polar surface area (TPSA) is 68.4 Å². The van der Waals surface area contributed by atoms with Crippen LogP contribution >= 0.6 is 11.6 Å². The Balaban J connectivity index is 1.59. The average Bonchev–Trinajstić information content (AvgIpc) is 3.11. The van der Waals surface area contributed by atoms with Crippen LogP contribution in [0, 0.1) is 6.92 Å². The quantitative estimate of drug-likeness (QED) is 0.480. The Bertz CT molecular complexity index is 993. The number of rotatable bonds is 7. The molecule has 0 aliphatic heterocycles. The van der Waals surface area contributed by atoms with Crippen LogP contribution in [0.25, 0.3) is 10.9 Å². The Morgan fingerprint density at radius 2 is 1.96 bits per heavy atom. The molecule has 0 amide bonds. The second-order valence-electron chi connectivity index (χ2n) is 6.20. The minimum atomic E-state index is -0.630. The van der Waals surface area contributed by atoms with Gasteiger partial charge < -0.3 is 14.5 Å². The van der Waals surface area contributed by atoms with Crippen LogP contribution in [0.2, 0.25) is 5.02 Å². The van der Waals surface area contributed by atoms with Crippen LogP contribution < -0.4 is 4.74 Å². The normalized spacial score (nSPS) is 10.8. The summed E-state index contributed by atoms with van der Waals surface area (Å²) in [6.07, 6.45) is 2.52. The average molecular weight is 386 g/mol. The minimum Gasteiger partial charge on any atom is -0.480 e. The third kappa shape index (κ3) is 4.31. The van der Waals surface area contributed by atoms with Gasteiger partial charge in [0.15, 0.2) is 13.2 Å². The Kier molecular flexibility index (Phi) is 5.81. The number of ketones is 1. The van der Waals surface area contributed by atoms with E-state index in [1.807, 2.05) is 31.2 Å². The molecular formula is C21H20ClNO4. The molecule has 1 aromatic heterocycles. The largest absolute Gasteiger partial charge is 0.480 e. The number of Topliss-reactive ketones (excluding diaryl/α,β-unsaturated/α-hetero) is 1. The number of benzene rings is 2. The molecular weight excluding hydrogens is 366 g/mol.